The summed E-state index contributed by atoms with van der Waals surface area (Å²) in [5.41, 5.74) is 8.15. The molecule has 0 spiro atoms. The van der Waals surface area contributed by atoms with Crippen molar-refractivity contribution in [3.8, 4) is 0 Å². The number of rotatable bonds is 1. The van der Waals surface area contributed by atoms with Gasteiger partial charge in [-0.2, -0.15) is 4.98 Å². The molecule has 0 bridgehead atoms. The van der Waals surface area contributed by atoms with Crippen LogP contribution < -0.4 is 10.6 Å². The zero-order valence-corrected chi connectivity index (χ0v) is 10.7. The second kappa shape index (κ2) is 4.52. The largest absolute Gasteiger partial charge is 0.423 e. The van der Waals surface area contributed by atoms with Crippen LogP contribution in [0, 0.1) is 5.92 Å². The minimum Gasteiger partial charge on any atom is -0.423 e. The van der Waals surface area contributed by atoms with Crippen LogP contribution in [-0.4, -0.2) is 18.1 Å². The molecule has 1 aliphatic heterocycles. The number of hydrogen-bond donors (Lipinski definition) is 1. The maximum Gasteiger partial charge on any atom is 0.298 e. The van der Waals surface area contributed by atoms with E-state index in [0.717, 1.165) is 41.8 Å². The number of nitrogens with zero attached hydrogens (tertiary/aromatic N) is 2. The molecule has 0 aliphatic carbocycles. The van der Waals surface area contributed by atoms with Gasteiger partial charge in [0.25, 0.3) is 6.01 Å². The van der Waals surface area contributed by atoms with Crippen LogP contribution >= 0.6 is 0 Å². The Bertz CT molecular complexity index is 549. The average Bonchev–Trinajstić information content (AvgIpc) is 2.63. The monoisotopic (exact) mass is 245 g/mol. The van der Waals surface area contributed by atoms with Gasteiger partial charge >= 0.3 is 0 Å². The van der Waals surface area contributed by atoms with Crippen LogP contribution in [0.3, 0.4) is 0 Å². The van der Waals surface area contributed by atoms with E-state index in [1.807, 2.05) is 18.2 Å². The highest BCUT2D eigenvalue weighted by Gasteiger charge is 2.18. The van der Waals surface area contributed by atoms with Crippen molar-refractivity contribution in [2.45, 2.75) is 26.2 Å². The second-order valence-corrected chi connectivity index (χ2v) is 5.25. The summed E-state index contributed by atoms with van der Waals surface area (Å²) in [6, 6.07) is 6.34. The Morgan fingerprint density at radius 2 is 2.22 bits per heavy atom. The van der Waals surface area contributed by atoms with E-state index in [9.17, 15) is 0 Å². The van der Waals surface area contributed by atoms with Crippen molar-refractivity contribution in [1.29, 1.82) is 0 Å². The Balaban J connectivity index is 1.89. The van der Waals surface area contributed by atoms with E-state index in [2.05, 4.69) is 16.8 Å². The van der Waals surface area contributed by atoms with Crippen molar-refractivity contribution >= 4 is 22.8 Å². The smallest absolute Gasteiger partial charge is 0.298 e. The van der Waals surface area contributed by atoms with Crippen LogP contribution in [0.25, 0.3) is 11.1 Å². The number of benzene rings is 1. The highest BCUT2D eigenvalue weighted by atomic mass is 16.4. The molecular formula is C14H19N3O. The van der Waals surface area contributed by atoms with Crippen molar-refractivity contribution in [3.05, 3.63) is 18.2 Å². The molecule has 1 aromatic heterocycles. The molecule has 1 fully saturated rings. The molecule has 3 rings (SSSR count). The molecule has 2 heterocycles. The van der Waals surface area contributed by atoms with Gasteiger partial charge in [-0.25, -0.2) is 0 Å². The van der Waals surface area contributed by atoms with Crippen LogP contribution in [0.1, 0.15) is 26.2 Å². The Morgan fingerprint density at radius 3 is 3.11 bits per heavy atom. The number of nitrogen functional groups attached to an aromatic ring is 1. The molecule has 1 unspecified atom stereocenters. The highest BCUT2D eigenvalue weighted by Crippen LogP contribution is 2.26. The maximum atomic E-state index is 5.81. The van der Waals surface area contributed by atoms with Crippen molar-refractivity contribution in [2.75, 3.05) is 23.7 Å². The van der Waals surface area contributed by atoms with Crippen molar-refractivity contribution in [3.63, 3.8) is 0 Å². The van der Waals surface area contributed by atoms with E-state index in [0.29, 0.717) is 0 Å². The topological polar surface area (TPSA) is 55.3 Å². The lowest BCUT2D eigenvalue weighted by Gasteiger charge is -2.17. The fourth-order valence-corrected chi connectivity index (χ4v) is 2.52. The molecule has 2 N–H and O–H groups in total. The standard InChI is InChI=1S/C14H19N3O/c1-10-3-2-7-17(8-6-10)14-16-12-9-11(15)4-5-13(12)18-14/h4-5,9-10H,2-3,6-8,15H2,1H3. The Kier molecular flexibility index (Phi) is 2.86. The molecule has 0 radical (unpaired) electrons. The van der Waals surface area contributed by atoms with Crippen LogP contribution in [0.15, 0.2) is 22.6 Å². The van der Waals surface area contributed by atoms with E-state index in [4.69, 9.17) is 10.2 Å². The summed E-state index contributed by atoms with van der Waals surface area (Å²) in [5.74, 6) is 0.801. The van der Waals surface area contributed by atoms with Crippen molar-refractivity contribution in [2.24, 2.45) is 5.92 Å². The SMILES string of the molecule is CC1CCCN(c2nc3cc(N)ccc3o2)CC1. The summed E-state index contributed by atoms with van der Waals surface area (Å²) in [6.45, 7) is 4.38. The number of aromatic nitrogens is 1. The Hall–Kier alpha value is -1.71. The summed E-state index contributed by atoms with van der Waals surface area (Å²) in [6.07, 6.45) is 3.71. The zero-order chi connectivity index (χ0) is 12.5. The first-order chi connectivity index (χ1) is 8.72. The molecule has 18 heavy (non-hydrogen) atoms. The highest BCUT2D eigenvalue weighted by molar-refractivity contribution is 5.78. The summed E-state index contributed by atoms with van der Waals surface area (Å²) in [5, 5.41) is 0. The van der Waals surface area contributed by atoms with Gasteiger partial charge < -0.3 is 15.1 Å². The van der Waals surface area contributed by atoms with Crippen molar-refractivity contribution in [1.82, 2.24) is 4.98 Å². The number of fused-ring (bicyclic) bond motifs is 1. The quantitative estimate of drug-likeness (QED) is 0.785. The van der Waals surface area contributed by atoms with Gasteiger partial charge in [-0.05, 0) is 43.4 Å². The zero-order valence-electron chi connectivity index (χ0n) is 10.7. The van der Waals surface area contributed by atoms with E-state index in [1.54, 1.807) is 0 Å². The van der Waals surface area contributed by atoms with Gasteiger partial charge in [0.1, 0.15) is 5.52 Å². The minimum absolute atomic E-state index is 0.729. The molecule has 1 aromatic carbocycles. The molecule has 1 saturated heterocycles. The Morgan fingerprint density at radius 1 is 1.33 bits per heavy atom. The second-order valence-electron chi connectivity index (χ2n) is 5.25. The molecule has 4 nitrogen and oxygen atoms in total. The predicted molar refractivity (Wildman–Crippen MR) is 73.6 cm³/mol. The van der Waals surface area contributed by atoms with Gasteiger partial charge in [0.15, 0.2) is 5.58 Å². The lowest BCUT2D eigenvalue weighted by molar-refractivity contribution is 0.518. The fraction of sp³-hybridized carbons (Fsp3) is 0.500. The molecule has 96 valence electrons. The number of hydrogen-bond acceptors (Lipinski definition) is 4. The number of nitrogens with two attached hydrogens (primary N) is 1. The van der Waals surface area contributed by atoms with Gasteiger partial charge in [-0.1, -0.05) is 6.92 Å². The first kappa shape index (κ1) is 11.4. The van der Waals surface area contributed by atoms with E-state index >= 15 is 0 Å². The third kappa shape index (κ3) is 2.15. The molecule has 2 aromatic rings. The van der Waals surface area contributed by atoms with Gasteiger partial charge in [0.05, 0.1) is 0 Å². The normalized spacial score (nSPS) is 21.2. The molecule has 1 aliphatic rings. The third-order valence-electron chi connectivity index (χ3n) is 3.69. The number of anilines is 2. The first-order valence-corrected chi connectivity index (χ1v) is 6.63. The first-order valence-electron chi connectivity index (χ1n) is 6.63. The molecule has 0 amide bonds. The lowest BCUT2D eigenvalue weighted by Crippen LogP contribution is -2.24. The van der Waals surface area contributed by atoms with Crippen LogP contribution in [0.4, 0.5) is 11.7 Å². The van der Waals surface area contributed by atoms with Crippen LogP contribution in [-0.2, 0) is 0 Å². The van der Waals surface area contributed by atoms with Crippen LogP contribution in [0.5, 0.6) is 0 Å². The average molecular weight is 245 g/mol. The van der Waals surface area contributed by atoms with Gasteiger partial charge in [0, 0.05) is 18.8 Å². The van der Waals surface area contributed by atoms with Gasteiger partial charge in [0.2, 0.25) is 0 Å². The van der Waals surface area contributed by atoms with E-state index in [1.165, 1.54) is 19.3 Å². The van der Waals surface area contributed by atoms with Gasteiger partial charge in [-0.3, -0.25) is 0 Å². The summed E-state index contributed by atoms with van der Waals surface area (Å²) >= 11 is 0. The molecule has 1 atom stereocenters. The fourth-order valence-electron chi connectivity index (χ4n) is 2.52. The lowest BCUT2D eigenvalue weighted by atomic mass is 10.0. The van der Waals surface area contributed by atoms with Gasteiger partial charge in [-0.15, -0.1) is 0 Å². The Labute approximate surface area is 107 Å². The summed E-state index contributed by atoms with van der Waals surface area (Å²) in [7, 11) is 0. The summed E-state index contributed by atoms with van der Waals surface area (Å²) in [4.78, 5) is 6.79. The third-order valence-corrected chi connectivity index (χ3v) is 3.69. The maximum absolute atomic E-state index is 5.81. The predicted octanol–water partition coefficient (Wildman–Crippen LogP) is 3.04. The molecule has 0 saturated carbocycles. The van der Waals surface area contributed by atoms with E-state index in [-0.39, 0.29) is 0 Å². The minimum atomic E-state index is 0.729. The molecule has 4 heteroatoms. The number of oxazole rings is 1. The van der Waals surface area contributed by atoms with E-state index < -0.39 is 0 Å². The summed E-state index contributed by atoms with van der Waals surface area (Å²) < 4.78 is 5.81. The molecular weight excluding hydrogens is 226 g/mol. The van der Waals surface area contributed by atoms with Crippen molar-refractivity contribution < 1.29 is 4.42 Å². The van der Waals surface area contributed by atoms with Crippen LogP contribution in [0.2, 0.25) is 0 Å².